The Hall–Kier alpha value is -3.46. The topological polar surface area (TPSA) is 186 Å². The first-order valence-electron chi connectivity index (χ1n) is 10.1. The van der Waals surface area contributed by atoms with Crippen molar-refractivity contribution in [3.8, 4) is 0 Å². The molecule has 0 bridgehead atoms. The number of nitrogens with zero attached hydrogens (tertiary/aromatic N) is 4. The predicted molar refractivity (Wildman–Crippen MR) is 120 cm³/mol. The molecule has 0 spiro atoms. The van der Waals surface area contributed by atoms with Gasteiger partial charge in [-0.1, -0.05) is 11.2 Å². The number of amides is 2. The first kappa shape index (κ1) is 23.7. The normalized spacial score (nSPS) is 23.9. The number of anilines is 1. The number of β-lactam (4-membered cyclic amide) rings is 1. The van der Waals surface area contributed by atoms with Crippen LogP contribution in [0.25, 0.3) is 0 Å². The van der Waals surface area contributed by atoms with Crippen molar-refractivity contribution in [2.24, 2.45) is 5.16 Å². The molecule has 4 N–H and O–H groups in total. The van der Waals surface area contributed by atoms with E-state index >= 15 is 0 Å². The van der Waals surface area contributed by atoms with Crippen LogP contribution in [0.5, 0.6) is 0 Å². The van der Waals surface area contributed by atoms with E-state index in [0.717, 1.165) is 22.9 Å². The van der Waals surface area contributed by atoms with E-state index in [0.29, 0.717) is 12.0 Å². The van der Waals surface area contributed by atoms with E-state index in [1.807, 2.05) is 12.2 Å². The second-order valence-corrected chi connectivity index (χ2v) is 9.33. The number of carboxylic acid groups (broad SMARTS) is 1. The molecule has 1 fully saturated rings. The maximum Gasteiger partial charge on any atom is 0.352 e. The molecule has 3 atom stereocenters. The standard InChI is InChI=1S/C19H20N6O7S2/c1-8(26)31-6-9-7-33-17-12(16(28)25(17)13(9)18(29)30)21-15(27)11(14-22-19(20)34-24-14)23-32-10-4-2-3-5-10/h2,4,10,12,17H,3,5-7H2,1H3,(H,21,27)(H,29,30)(H2,20,22,24)/t10?,12-,17-/m1/s1. The number of aliphatic carboxylic acids is 1. The number of rotatable bonds is 8. The summed E-state index contributed by atoms with van der Waals surface area (Å²) in [5.74, 6) is -3.11. The van der Waals surface area contributed by atoms with Crippen LogP contribution in [0.15, 0.2) is 28.6 Å². The molecule has 2 aliphatic heterocycles. The van der Waals surface area contributed by atoms with Gasteiger partial charge in [0.1, 0.15) is 29.8 Å². The van der Waals surface area contributed by atoms with Crippen molar-refractivity contribution in [1.82, 2.24) is 19.6 Å². The Bertz CT molecular complexity index is 1130. The molecule has 180 valence electrons. The molecule has 2 amide bonds. The average molecular weight is 509 g/mol. The Morgan fingerprint density at radius 3 is 2.82 bits per heavy atom. The van der Waals surface area contributed by atoms with Crippen LogP contribution in [0.3, 0.4) is 0 Å². The second kappa shape index (κ2) is 9.80. The van der Waals surface area contributed by atoms with Crippen LogP contribution in [-0.2, 0) is 28.8 Å². The van der Waals surface area contributed by atoms with Gasteiger partial charge in [0.2, 0.25) is 11.5 Å². The summed E-state index contributed by atoms with van der Waals surface area (Å²) in [6, 6.07) is -1.00. The van der Waals surface area contributed by atoms with Gasteiger partial charge in [-0.3, -0.25) is 19.3 Å². The van der Waals surface area contributed by atoms with E-state index in [1.165, 1.54) is 18.7 Å². The van der Waals surface area contributed by atoms with Crippen LogP contribution in [-0.4, -0.2) is 78.7 Å². The Morgan fingerprint density at radius 1 is 1.41 bits per heavy atom. The van der Waals surface area contributed by atoms with Gasteiger partial charge in [0, 0.05) is 29.8 Å². The molecule has 3 heterocycles. The largest absolute Gasteiger partial charge is 0.477 e. The second-order valence-electron chi connectivity index (χ2n) is 7.44. The number of carbonyl (C=O) groups excluding carboxylic acids is 3. The Balaban J connectivity index is 1.51. The van der Waals surface area contributed by atoms with Crippen LogP contribution in [0, 0.1) is 0 Å². The molecule has 3 aliphatic rings. The van der Waals surface area contributed by atoms with Crippen molar-refractivity contribution in [2.75, 3.05) is 18.1 Å². The summed E-state index contributed by atoms with van der Waals surface area (Å²) in [5.41, 5.74) is 5.43. The smallest absolute Gasteiger partial charge is 0.352 e. The maximum atomic E-state index is 13.0. The molecule has 34 heavy (non-hydrogen) atoms. The van der Waals surface area contributed by atoms with Crippen LogP contribution < -0.4 is 11.1 Å². The zero-order chi connectivity index (χ0) is 24.4. The summed E-state index contributed by atoms with van der Waals surface area (Å²) in [6.45, 7) is 0.967. The van der Waals surface area contributed by atoms with Gasteiger partial charge in [0.15, 0.2) is 5.13 Å². The molecule has 15 heteroatoms. The van der Waals surface area contributed by atoms with E-state index in [1.54, 1.807) is 0 Å². The number of ether oxygens (including phenoxy) is 1. The summed E-state index contributed by atoms with van der Waals surface area (Å²) in [6.07, 6.45) is 4.99. The van der Waals surface area contributed by atoms with Gasteiger partial charge in [0.05, 0.1) is 0 Å². The fourth-order valence-corrected chi connectivity index (χ4v) is 5.28. The zero-order valence-corrected chi connectivity index (χ0v) is 19.4. The molecule has 13 nitrogen and oxygen atoms in total. The molecule has 0 aromatic carbocycles. The third-order valence-corrected chi connectivity index (χ3v) is 6.98. The van der Waals surface area contributed by atoms with Gasteiger partial charge < -0.3 is 25.7 Å². The lowest BCUT2D eigenvalue weighted by atomic mass is 10.0. The predicted octanol–water partition coefficient (Wildman–Crippen LogP) is -0.139. The average Bonchev–Trinajstić information content (AvgIpc) is 3.47. The molecule has 1 aromatic rings. The molecule has 1 aromatic heterocycles. The number of hydrogen-bond donors (Lipinski definition) is 3. The molecule has 0 radical (unpaired) electrons. The van der Waals surface area contributed by atoms with Crippen molar-refractivity contribution in [2.45, 2.75) is 37.3 Å². The summed E-state index contributed by atoms with van der Waals surface area (Å²) >= 11 is 2.12. The minimum atomic E-state index is -1.33. The van der Waals surface area contributed by atoms with Crippen molar-refractivity contribution < 1.29 is 33.9 Å². The number of oxime groups is 1. The number of thioether (sulfide) groups is 1. The van der Waals surface area contributed by atoms with Gasteiger partial charge >= 0.3 is 11.9 Å². The van der Waals surface area contributed by atoms with Gasteiger partial charge in [-0.15, -0.1) is 11.8 Å². The summed E-state index contributed by atoms with van der Waals surface area (Å²) < 4.78 is 8.91. The van der Waals surface area contributed by atoms with Crippen molar-refractivity contribution in [3.63, 3.8) is 0 Å². The lowest BCUT2D eigenvalue weighted by Gasteiger charge is -2.49. The molecule has 4 rings (SSSR count). The van der Waals surface area contributed by atoms with Crippen molar-refractivity contribution in [1.29, 1.82) is 0 Å². The highest BCUT2D eigenvalue weighted by Crippen LogP contribution is 2.40. The highest BCUT2D eigenvalue weighted by molar-refractivity contribution is 8.00. The molecular formula is C19H20N6O7S2. The molecule has 1 aliphatic carbocycles. The van der Waals surface area contributed by atoms with Gasteiger partial charge in [-0.2, -0.15) is 9.36 Å². The highest BCUT2D eigenvalue weighted by Gasteiger charge is 2.54. The Morgan fingerprint density at radius 2 is 2.21 bits per heavy atom. The molecular weight excluding hydrogens is 488 g/mol. The van der Waals surface area contributed by atoms with E-state index in [-0.39, 0.29) is 40.8 Å². The number of esters is 1. The molecule has 1 saturated heterocycles. The summed E-state index contributed by atoms with van der Waals surface area (Å²) in [5, 5.41) is 15.6. The van der Waals surface area contributed by atoms with Crippen LogP contribution in [0.2, 0.25) is 0 Å². The van der Waals surface area contributed by atoms with E-state index in [2.05, 4.69) is 19.8 Å². The third-order valence-electron chi connectivity index (χ3n) is 5.10. The number of fused-ring (bicyclic) bond motifs is 1. The highest BCUT2D eigenvalue weighted by atomic mass is 32.2. The van der Waals surface area contributed by atoms with E-state index in [4.69, 9.17) is 15.3 Å². The van der Waals surface area contributed by atoms with Crippen LogP contribution in [0.4, 0.5) is 5.13 Å². The monoisotopic (exact) mass is 508 g/mol. The number of carbonyl (C=O) groups is 4. The van der Waals surface area contributed by atoms with E-state index in [9.17, 15) is 24.3 Å². The van der Waals surface area contributed by atoms with E-state index < -0.39 is 35.2 Å². The van der Waals surface area contributed by atoms with Gasteiger partial charge in [-0.05, 0) is 18.9 Å². The van der Waals surface area contributed by atoms with Crippen molar-refractivity contribution in [3.05, 3.63) is 29.2 Å². The number of allylic oxidation sites excluding steroid dienone is 1. The maximum absolute atomic E-state index is 13.0. The quantitative estimate of drug-likeness (QED) is 0.139. The SMILES string of the molecule is CC(=O)OCC1=C(C(=O)O)N2C(=O)[C@@H](NC(=O)C(=NOC3C=CCC3)c3nsc(N)n3)[C@H]2SC1. The fraction of sp³-hybridized carbons (Fsp3) is 0.421. The number of aromatic nitrogens is 2. The molecule has 0 saturated carbocycles. The Kier molecular flexibility index (Phi) is 6.83. The molecule has 1 unspecified atom stereocenters. The third kappa shape index (κ3) is 4.75. The number of nitrogens with two attached hydrogens (primary N) is 1. The minimum Gasteiger partial charge on any atom is -0.477 e. The summed E-state index contributed by atoms with van der Waals surface area (Å²) in [7, 11) is 0. The lowest BCUT2D eigenvalue weighted by Crippen LogP contribution is -2.71. The Labute approximate surface area is 201 Å². The number of nitrogen functional groups attached to an aromatic ring is 1. The van der Waals surface area contributed by atoms with Gasteiger partial charge in [-0.25, -0.2) is 4.79 Å². The summed E-state index contributed by atoms with van der Waals surface area (Å²) in [4.78, 5) is 59.3. The lowest BCUT2D eigenvalue weighted by molar-refractivity contribution is -0.150. The van der Waals surface area contributed by atoms with Crippen LogP contribution in [0.1, 0.15) is 25.6 Å². The fourth-order valence-electron chi connectivity index (χ4n) is 3.52. The number of hydrogen-bond acceptors (Lipinski definition) is 12. The van der Waals surface area contributed by atoms with Gasteiger partial charge in [0.25, 0.3) is 11.8 Å². The number of nitrogens with one attached hydrogen (secondary N) is 1. The number of carboxylic acids is 1. The first-order chi connectivity index (χ1) is 16.3. The van der Waals surface area contributed by atoms with Crippen molar-refractivity contribution >= 4 is 57.9 Å². The first-order valence-corrected chi connectivity index (χ1v) is 11.9. The van der Waals surface area contributed by atoms with Crippen LogP contribution >= 0.6 is 23.3 Å². The minimum absolute atomic E-state index is 0.0447. The zero-order valence-electron chi connectivity index (χ0n) is 17.8.